The molecule has 0 fully saturated rings. The van der Waals surface area contributed by atoms with Gasteiger partial charge < -0.3 is 5.32 Å². The van der Waals surface area contributed by atoms with Gasteiger partial charge in [-0.05, 0) is 24.6 Å². The molecule has 0 aliphatic carbocycles. The van der Waals surface area contributed by atoms with Crippen molar-refractivity contribution < 1.29 is 0 Å². The van der Waals surface area contributed by atoms with Crippen LogP contribution in [0.2, 0.25) is 0 Å². The summed E-state index contributed by atoms with van der Waals surface area (Å²) >= 11 is 1.69. The Labute approximate surface area is 99.1 Å². The van der Waals surface area contributed by atoms with E-state index in [1.165, 1.54) is 4.88 Å². The second-order valence-corrected chi connectivity index (χ2v) is 4.34. The van der Waals surface area contributed by atoms with Gasteiger partial charge in [0, 0.05) is 6.54 Å². The van der Waals surface area contributed by atoms with Crippen molar-refractivity contribution in [3.05, 3.63) is 29.3 Å². The Kier molecular flexibility index (Phi) is 3.40. The SMILES string of the molecule is C#CCn1nc(-c2cccs2)cc1CNC. The molecule has 1 N–H and O–H groups in total. The van der Waals surface area contributed by atoms with Crippen LogP contribution in [-0.4, -0.2) is 16.8 Å². The molecule has 0 bridgehead atoms. The van der Waals surface area contributed by atoms with Crippen LogP contribution in [-0.2, 0) is 13.1 Å². The van der Waals surface area contributed by atoms with Gasteiger partial charge in [-0.1, -0.05) is 12.0 Å². The Morgan fingerprint density at radius 3 is 3.12 bits per heavy atom. The molecule has 3 nitrogen and oxygen atoms in total. The zero-order valence-electron chi connectivity index (χ0n) is 9.10. The van der Waals surface area contributed by atoms with Crippen LogP contribution >= 0.6 is 11.3 Å². The maximum atomic E-state index is 5.32. The molecule has 2 aromatic rings. The second kappa shape index (κ2) is 4.97. The fraction of sp³-hybridized carbons (Fsp3) is 0.250. The highest BCUT2D eigenvalue weighted by Gasteiger charge is 2.08. The quantitative estimate of drug-likeness (QED) is 0.815. The van der Waals surface area contributed by atoms with E-state index in [0.29, 0.717) is 6.54 Å². The fourth-order valence-corrected chi connectivity index (χ4v) is 2.23. The van der Waals surface area contributed by atoms with Gasteiger partial charge in [0.2, 0.25) is 0 Å². The molecular weight excluding hydrogens is 218 g/mol. The number of thiophene rings is 1. The number of nitrogens with zero attached hydrogens (tertiary/aromatic N) is 2. The van der Waals surface area contributed by atoms with Gasteiger partial charge >= 0.3 is 0 Å². The van der Waals surface area contributed by atoms with Crippen molar-refractivity contribution in [3.8, 4) is 22.9 Å². The van der Waals surface area contributed by atoms with E-state index < -0.39 is 0 Å². The van der Waals surface area contributed by atoms with Crippen LogP contribution in [0.5, 0.6) is 0 Å². The Bertz CT molecular complexity index is 491. The molecule has 82 valence electrons. The molecule has 0 aliphatic heterocycles. The van der Waals surface area contributed by atoms with Gasteiger partial charge in [-0.15, -0.1) is 17.8 Å². The predicted octanol–water partition coefficient (Wildman–Crippen LogP) is 1.96. The van der Waals surface area contributed by atoms with Crippen LogP contribution in [0, 0.1) is 12.3 Å². The lowest BCUT2D eigenvalue weighted by Crippen LogP contribution is -2.11. The normalized spacial score (nSPS) is 10.2. The van der Waals surface area contributed by atoms with E-state index in [4.69, 9.17) is 6.42 Å². The van der Waals surface area contributed by atoms with E-state index in [9.17, 15) is 0 Å². The first-order chi connectivity index (χ1) is 7.85. The molecule has 0 radical (unpaired) electrons. The van der Waals surface area contributed by atoms with Crippen molar-refractivity contribution in [1.29, 1.82) is 0 Å². The monoisotopic (exact) mass is 231 g/mol. The third-order valence-electron chi connectivity index (χ3n) is 2.24. The van der Waals surface area contributed by atoms with E-state index in [2.05, 4.69) is 28.5 Å². The Hall–Kier alpha value is -1.57. The molecule has 0 amide bonds. The number of nitrogens with one attached hydrogen (secondary N) is 1. The summed E-state index contributed by atoms with van der Waals surface area (Å²) in [6.07, 6.45) is 5.32. The van der Waals surface area contributed by atoms with Gasteiger partial charge in [0.15, 0.2) is 0 Å². The van der Waals surface area contributed by atoms with Crippen molar-refractivity contribution in [3.63, 3.8) is 0 Å². The van der Waals surface area contributed by atoms with Crippen molar-refractivity contribution in [2.24, 2.45) is 0 Å². The molecule has 0 saturated heterocycles. The minimum atomic E-state index is 0.516. The van der Waals surface area contributed by atoms with Crippen molar-refractivity contribution >= 4 is 11.3 Å². The lowest BCUT2D eigenvalue weighted by atomic mass is 10.3. The third-order valence-corrected chi connectivity index (χ3v) is 3.13. The molecule has 16 heavy (non-hydrogen) atoms. The summed E-state index contributed by atoms with van der Waals surface area (Å²) in [5.74, 6) is 2.62. The molecule has 0 spiro atoms. The lowest BCUT2D eigenvalue weighted by molar-refractivity contribution is 0.642. The Morgan fingerprint density at radius 2 is 2.50 bits per heavy atom. The zero-order chi connectivity index (χ0) is 11.4. The Balaban J connectivity index is 2.35. The van der Waals surface area contributed by atoms with Gasteiger partial charge in [-0.3, -0.25) is 4.68 Å². The zero-order valence-corrected chi connectivity index (χ0v) is 9.92. The highest BCUT2D eigenvalue weighted by molar-refractivity contribution is 7.13. The lowest BCUT2D eigenvalue weighted by Gasteiger charge is -2.01. The van der Waals surface area contributed by atoms with Crippen LogP contribution in [0.4, 0.5) is 0 Å². The summed E-state index contributed by atoms with van der Waals surface area (Å²) in [7, 11) is 1.91. The topological polar surface area (TPSA) is 29.9 Å². The molecule has 2 rings (SSSR count). The first-order valence-corrected chi connectivity index (χ1v) is 5.91. The summed E-state index contributed by atoms with van der Waals surface area (Å²) in [5.41, 5.74) is 2.11. The summed E-state index contributed by atoms with van der Waals surface area (Å²) in [5, 5.41) is 9.67. The van der Waals surface area contributed by atoms with Gasteiger partial charge in [-0.25, -0.2) is 0 Å². The molecule has 0 unspecified atom stereocenters. The highest BCUT2D eigenvalue weighted by atomic mass is 32.1. The average molecular weight is 231 g/mol. The van der Waals surface area contributed by atoms with E-state index >= 15 is 0 Å². The first-order valence-electron chi connectivity index (χ1n) is 5.04. The van der Waals surface area contributed by atoms with E-state index in [1.807, 2.05) is 23.2 Å². The maximum Gasteiger partial charge on any atom is 0.103 e. The predicted molar refractivity (Wildman–Crippen MR) is 67.1 cm³/mol. The number of rotatable bonds is 4. The van der Waals surface area contributed by atoms with Crippen molar-refractivity contribution in [2.45, 2.75) is 13.1 Å². The number of hydrogen-bond donors (Lipinski definition) is 1. The largest absolute Gasteiger partial charge is 0.314 e. The standard InChI is InChI=1S/C12H13N3S/c1-3-6-15-10(9-13-2)8-11(14-15)12-5-4-7-16-12/h1,4-5,7-8,13H,6,9H2,2H3. The first kappa shape index (κ1) is 10.9. The fourth-order valence-electron chi connectivity index (χ4n) is 1.55. The molecular formula is C12H13N3S. The Morgan fingerprint density at radius 1 is 1.62 bits per heavy atom. The van der Waals surface area contributed by atoms with Gasteiger partial charge in [-0.2, -0.15) is 5.10 Å². The van der Waals surface area contributed by atoms with E-state index in [-0.39, 0.29) is 0 Å². The van der Waals surface area contributed by atoms with Gasteiger partial charge in [0.05, 0.1) is 10.6 Å². The molecule has 2 heterocycles. The average Bonchev–Trinajstić information content (AvgIpc) is 2.89. The minimum Gasteiger partial charge on any atom is -0.314 e. The highest BCUT2D eigenvalue weighted by Crippen LogP contribution is 2.24. The van der Waals surface area contributed by atoms with E-state index in [1.54, 1.807) is 11.3 Å². The van der Waals surface area contributed by atoms with Gasteiger partial charge in [0.1, 0.15) is 12.2 Å². The summed E-state index contributed by atoms with van der Waals surface area (Å²) in [6, 6.07) is 6.17. The van der Waals surface area contributed by atoms with E-state index in [0.717, 1.165) is 17.9 Å². The molecule has 0 aliphatic rings. The molecule has 4 heteroatoms. The van der Waals surface area contributed by atoms with Crippen LogP contribution in [0.25, 0.3) is 10.6 Å². The summed E-state index contributed by atoms with van der Waals surface area (Å²) in [4.78, 5) is 1.17. The third kappa shape index (κ3) is 2.16. The van der Waals surface area contributed by atoms with Crippen LogP contribution < -0.4 is 5.32 Å². The van der Waals surface area contributed by atoms with Crippen molar-refractivity contribution in [1.82, 2.24) is 15.1 Å². The number of aromatic nitrogens is 2. The summed E-state index contributed by atoms with van der Waals surface area (Å²) < 4.78 is 1.87. The molecule has 0 atom stereocenters. The van der Waals surface area contributed by atoms with Crippen LogP contribution in [0.15, 0.2) is 23.6 Å². The smallest absolute Gasteiger partial charge is 0.103 e. The molecule has 0 saturated carbocycles. The van der Waals surface area contributed by atoms with Crippen LogP contribution in [0.1, 0.15) is 5.69 Å². The number of terminal acetylenes is 1. The minimum absolute atomic E-state index is 0.516. The second-order valence-electron chi connectivity index (χ2n) is 3.39. The summed E-state index contributed by atoms with van der Waals surface area (Å²) in [6.45, 7) is 1.29. The van der Waals surface area contributed by atoms with Crippen molar-refractivity contribution in [2.75, 3.05) is 7.05 Å². The molecule has 0 aromatic carbocycles. The van der Waals surface area contributed by atoms with Gasteiger partial charge in [0.25, 0.3) is 0 Å². The number of hydrogen-bond acceptors (Lipinski definition) is 3. The maximum absolute atomic E-state index is 5.32. The van der Waals surface area contributed by atoms with Crippen LogP contribution in [0.3, 0.4) is 0 Å². The molecule has 2 aromatic heterocycles.